The average Bonchev–Trinajstić information content (AvgIpc) is 3.01. The van der Waals surface area contributed by atoms with Crippen LogP contribution in [0.4, 0.5) is 0 Å². The van der Waals surface area contributed by atoms with Crippen molar-refractivity contribution < 1.29 is 28.8 Å². The first kappa shape index (κ1) is 37.5. The first-order valence-corrected chi connectivity index (χ1v) is 13.3. The molecule has 0 atom stereocenters. The van der Waals surface area contributed by atoms with Crippen LogP contribution >= 0.6 is 0 Å². The van der Waals surface area contributed by atoms with Gasteiger partial charge in [0.1, 0.15) is 19.1 Å². The van der Waals surface area contributed by atoms with E-state index in [1.807, 2.05) is 25.0 Å². The molecule has 41 heavy (non-hydrogen) atoms. The van der Waals surface area contributed by atoms with E-state index in [0.717, 1.165) is 11.3 Å². The van der Waals surface area contributed by atoms with Gasteiger partial charge in [-0.2, -0.15) is 0 Å². The second-order valence-corrected chi connectivity index (χ2v) is 9.64. The molecule has 0 fully saturated rings. The van der Waals surface area contributed by atoms with Crippen molar-refractivity contribution in [3.8, 4) is 5.75 Å². The standard InChI is InChI=1S/C20H22O.C14H24O4.CH2O/c1-5-15-21-19-13-11-18(12-14-19)20(3,4)17-9-7-16(6-2)8-10-17;1-4-7-16-11-14(10-15,12-17-8-5-2)13-18-9-6-3;1-2/h5-14H,1-2,15H2,3-4H3;4-6,15H,1-3,7-13H2;1H2. The summed E-state index contributed by atoms with van der Waals surface area (Å²) in [4.78, 5) is 8.00. The lowest BCUT2D eigenvalue weighted by Crippen LogP contribution is -2.41. The fourth-order valence-corrected chi connectivity index (χ4v) is 3.66. The molecule has 0 radical (unpaired) electrons. The Labute approximate surface area is 247 Å². The summed E-state index contributed by atoms with van der Waals surface area (Å²) in [6, 6.07) is 16.8. The second kappa shape index (κ2) is 22.2. The maximum atomic E-state index is 9.56. The van der Waals surface area contributed by atoms with Crippen LogP contribution in [-0.2, 0) is 24.4 Å². The van der Waals surface area contributed by atoms with Gasteiger partial charge in [-0.3, -0.25) is 0 Å². The monoisotopic (exact) mass is 564 g/mol. The topological polar surface area (TPSA) is 74.2 Å². The van der Waals surface area contributed by atoms with Crippen LogP contribution in [0.5, 0.6) is 5.75 Å². The Morgan fingerprint density at radius 3 is 1.39 bits per heavy atom. The molecule has 0 aliphatic carbocycles. The molecule has 0 saturated heterocycles. The minimum absolute atomic E-state index is 0.0450. The highest BCUT2D eigenvalue weighted by atomic mass is 16.5. The summed E-state index contributed by atoms with van der Waals surface area (Å²) < 4.78 is 21.8. The van der Waals surface area contributed by atoms with Crippen LogP contribution in [0.15, 0.2) is 106 Å². The summed E-state index contributed by atoms with van der Waals surface area (Å²) in [7, 11) is 0. The molecule has 224 valence electrons. The molecule has 0 aromatic heterocycles. The molecule has 0 aliphatic rings. The largest absolute Gasteiger partial charge is 0.490 e. The molecular formula is C35H48O6. The van der Waals surface area contributed by atoms with Gasteiger partial charge in [-0.05, 0) is 28.8 Å². The van der Waals surface area contributed by atoms with Gasteiger partial charge in [0.2, 0.25) is 0 Å². The van der Waals surface area contributed by atoms with Crippen molar-refractivity contribution in [3.05, 3.63) is 122 Å². The predicted molar refractivity (Wildman–Crippen MR) is 170 cm³/mol. The molecule has 0 bridgehead atoms. The Balaban J connectivity index is 0.000000746. The van der Waals surface area contributed by atoms with Crippen LogP contribution in [0.2, 0.25) is 0 Å². The number of aliphatic hydroxyl groups is 1. The van der Waals surface area contributed by atoms with Crippen molar-refractivity contribution in [2.75, 3.05) is 52.9 Å². The van der Waals surface area contributed by atoms with E-state index in [1.54, 1.807) is 24.3 Å². The van der Waals surface area contributed by atoms with E-state index in [1.165, 1.54) is 11.1 Å². The number of carbonyl (C=O) groups excluding carboxylic acids is 1. The van der Waals surface area contributed by atoms with Gasteiger partial charge in [-0.25, -0.2) is 0 Å². The highest BCUT2D eigenvalue weighted by Gasteiger charge is 2.31. The number of hydrogen-bond donors (Lipinski definition) is 1. The molecule has 2 aromatic carbocycles. The highest BCUT2D eigenvalue weighted by Crippen LogP contribution is 2.32. The fraction of sp³-hybridized carbons (Fsp3) is 0.343. The first-order chi connectivity index (χ1) is 19.8. The van der Waals surface area contributed by atoms with Crippen LogP contribution in [0.25, 0.3) is 6.08 Å². The molecule has 0 unspecified atom stereocenters. The molecule has 0 amide bonds. The van der Waals surface area contributed by atoms with Gasteiger partial charge in [0.25, 0.3) is 0 Å². The van der Waals surface area contributed by atoms with Gasteiger partial charge in [0.15, 0.2) is 0 Å². The molecule has 6 nitrogen and oxygen atoms in total. The van der Waals surface area contributed by atoms with Crippen LogP contribution in [0.1, 0.15) is 30.5 Å². The minimum atomic E-state index is -0.560. The zero-order valence-electron chi connectivity index (χ0n) is 24.9. The Bertz CT molecular complexity index is 972. The van der Waals surface area contributed by atoms with E-state index in [-0.39, 0.29) is 12.0 Å². The van der Waals surface area contributed by atoms with Gasteiger partial charge in [-0.15, -0.1) is 19.7 Å². The van der Waals surface area contributed by atoms with Crippen molar-refractivity contribution in [1.29, 1.82) is 0 Å². The number of carbonyl (C=O) groups is 1. The van der Waals surface area contributed by atoms with Gasteiger partial charge < -0.3 is 28.8 Å². The van der Waals surface area contributed by atoms with Gasteiger partial charge >= 0.3 is 0 Å². The molecule has 0 saturated carbocycles. The third kappa shape index (κ3) is 14.1. The highest BCUT2D eigenvalue weighted by molar-refractivity contribution is 5.49. The van der Waals surface area contributed by atoms with Crippen molar-refractivity contribution in [1.82, 2.24) is 0 Å². The summed E-state index contributed by atoms with van der Waals surface area (Å²) in [5, 5.41) is 9.56. The number of aliphatic hydroxyl groups excluding tert-OH is 1. The van der Waals surface area contributed by atoms with Gasteiger partial charge in [-0.1, -0.05) is 93.8 Å². The molecule has 1 N–H and O–H groups in total. The van der Waals surface area contributed by atoms with E-state index in [2.05, 4.69) is 83.1 Å². The van der Waals surface area contributed by atoms with Crippen LogP contribution in [0, 0.1) is 5.41 Å². The maximum Gasteiger partial charge on any atom is 0.119 e. The van der Waals surface area contributed by atoms with Crippen LogP contribution in [-0.4, -0.2) is 64.8 Å². The van der Waals surface area contributed by atoms with E-state index in [4.69, 9.17) is 23.7 Å². The average molecular weight is 565 g/mol. The van der Waals surface area contributed by atoms with Crippen molar-refractivity contribution in [2.24, 2.45) is 5.41 Å². The Morgan fingerprint density at radius 2 is 1.05 bits per heavy atom. The minimum Gasteiger partial charge on any atom is -0.490 e. The molecule has 0 aliphatic heterocycles. The van der Waals surface area contributed by atoms with Crippen LogP contribution < -0.4 is 4.74 Å². The van der Waals surface area contributed by atoms with Crippen molar-refractivity contribution in [3.63, 3.8) is 0 Å². The third-order valence-electron chi connectivity index (χ3n) is 6.08. The van der Waals surface area contributed by atoms with E-state index in [9.17, 15) is 5.11 Å². The summed E-state index contributed by atoms with van der Waals surface area (Å²) in [5.74, 6) is 0.872. The number of ether oxygens (including phenoxy) is 4. The summed E-state index contributed by atoms with van der Waals surface area (Å²) in [6.07, 6.45) is 8.60. The fourth-order valence-electron chi connectivity index (χ4n) is 3.66. The number of benzene rings is 2. The SMILES string of the molecule is C=CCOCC(CO)(COCC=C)COCC=C.C=CCOc1ccc(C(C)(C)c2ccc(C=C)cc2)cc1.C=O. The van der Waals surface area contributed by atoms with Crippen molar-refractivity contribution in [2.45, 2.75) is 19.3 Å². The number of rotatable bonds is 19. The second-order valence-electron chi connectivity index (χ2n) is 9.64. The van der Waals surface area contributed by atoms with Gasteiger partial charge in [0.05, 0.1) is 51.7 Å². The van der Waals surface area contributed by atoms with E-state index >= 15 is 0 Å². The summed E-state index contributed by atoms with van der Waals surface area (Å²) >= 11 is 0. The Kier molecular flexibility index (Phi) is 20.3. The van der Waals surface area contributed by atoms with Crippen LogP contribution in [0.3, 0.4) is 0 Å². The Morgan fingerprint density at radius 1 is 0.659 bits per heavy atom. The third-order valence-corrected chi connectivity index (χ3v) is 6.08. The molecule has 0 heterocycles. The lowest BCUT2D eigenvalue weighted by atomic mass is 9.78. The summed E-state index contributed by atoms with van der Waals surface area (Å²) in [5.41, 5.74) is 3.08. The maximum absolute atomic E-state index is 9.56. The molecule has 0 spiro atoms. The predicted octanol–water partition coefficient (Wildman–Crippen LogP) is 6.61. The lowest BCUT2D eigenvalue weighted by molar-refractivity contribution is -0.0980. The van der Waals surface area contributed by atoms with Crippen molar-refractivity contribution >= 4 is 12.9 Å². The molecule has 2 rings (SSSR count). The Hall–Kier alpha value is -3.55. The molecule has 2 aromatic rings. The quantitative estimate of drug-likeness (QED) is 0.153. The molecular weight excluding hydrogens is 516 g/mol. The van der Waals surface area contributed by atoms with E-state index in [0.29, 0.717) is 46.2 Å². The number of hydrogen-bond acceptors (Lipinski definition) is 6. The zero-order chi connectivity index (χ0) is 31.0. The van der Waals surface area contributed by atoms with Gasteiger partial charge in [0, 0.05) is 5.41 Å². The lowest BCUT2D eigenvalue weighted by Gasteiger charge is -2.30. The zero-order valence-corrected chi connectivity index (χ0v) is 24.9. The summed E-state index contributed by atoms with van der Waals surface area (Å²) in [6.45, 7) is 27.5. The first-order valence-electron chi connectivity index (χ1n) is 13.3. The smallest absolute Gasteiger partial charge is 0.119 e. The normalized spacial score (nSPS) is 10.6. The molecule has 6 heteroatoms. The van der Waals surface area contributed by atoms with E-state index < -0.39 is 5.41 Å².